The molecule has 1 aromatic carbocycles. The normalized spacial score (nSPS) is 16.3. The molecule has 0 unspecified atom stereocenters. The summed E-state index contributed by atoms with van der Waals surface area (Å²) in [6, 6.07) is 9.58. The van der Waals surface area contributed by atoms with Crippen molar-refractivity contribution in [1.29, 1.82) is 0 Å². The largest absolute Gasteiger partial charge is 0.405 e. The first-order valence-corrected chi connectivity index (χ1v) is 7.22. The standard InChI is InChI=1S/C15H18N4O3/c1-11(20)16-13(12-5-3-2-4-6-12)14-17-18-15(22-14)19-7-9-21-10-8-19/h2-6,13H,7-10H2,1H3,(H,16,20)/t13-/m0/s1. The fourth-order valence-corrected chi connectivity index (χ4v) is 2.36. The molecule has 0 bridgehead atoms. The predicted octanol–water partition coefficient (Wildman–Crippen LogP) is 1.13. The Labute approximate surface area is 128 Å². The zero-order valence-electron chi connectivity index (χ0n) is 12.4. The molecule has 1 amide bonds. The van der Waals surface area contributed by atoms with Crippen LogP contribution in [0.15, 0.2) is 34.7 Å². The third-order valence-electron chi connectivity index (χ3n) is 3.44. The SMILES string of the molecule is CC(=O)N[C@@H](c1ccccc1)c1nnc(N2CCOCC2)o1. The number of hydrogen-bond acceptors (Lipinski definition) is 6. The molecule has 1 aliphatic heterocycles. The number of anilines is 1. The third kappa shape index (κ3) is 3.25. The summed E-state index contributed by atoms with van der Waals surface area (Å²) in [5, 5.41) is 11.1. The van der Waals surface area contributed by atoms with E-state index in [-0.39, 0.29) is 5.91 Å². The Morgan fingerprint density at radius 2 is 1.95 bits per heavy atom. The minimum absolute atomic E-state index is 0.153. The summed E-state index contributed by atoms with van der Waals surface area (Å²) in [5.74, 6) is 0.225. The number of carbonyl (C=O) groups is 1. The van der Waals surface area contributed by atoms with Gasteiger partial charge in [-0.1, -0.05) is 35.4 Å². The molecule has 7 heteroatoms. The highest BCUT2D eigenvalue weighted by atomic mass is 16.5. The van der Waals surface area contributed by atoms with Crippen molar-refractivity contribution in [1.82, 2.24) is 15.5 Å². The molecule has 2 aromatic rings. The minimum Gasteiger partial charge on any atom is -0.405 e. The van der Waals surface area contributed by atoms with Gasteiger partial charge in [-0.05, 0) is 5.56 Å². The maximum absolute atomic E-state index is 11.5. The van der Waals surface area contributed by atoms with Crippen molar-refractivity contribution in [2.75, 3.05) is 31.2 Å². The van der Waals surface area contributed by atoms with Crippen LogP contribution in [0.1, 0.15) is 24.4 Å². The van der Waals surface area contributed by atoms with Crippen LogP contribution in [-0.2, 0) is 9.53 Å². The number of rotatable bonds is 4. The molecule has 0 radical (unpaired) electrons. The minimum atomic E-state index is -0.444. The lowest BCUT2D eigenvalue weighted by Gasteiger charge is -2.24. The van der Waals surface area contributed by atoms with E-state index in [0.717, 1.165) is 18.7 Å². The lowest BCUT2D eigenvalue weighted by molar-refractivity contribution is -0.119. The maximum atomic E-state index is 11.5. The quantitative estimate of drug-likeness (QED) is 0.912. The van der Waals surface area contributed by atoms with Gasteiger partial charge in [0.05, 0.1) is 13.2 Å². The van der Waals surface area contributed by atoms with Crippen molar-refractivity contribution >= 4 is 11.9 Å². The van der Waals surface area contributed by atoms with Gasteiger partial charge < -0.3 is 19.4 Å². The van der Waals surface area contributed by atoms with Crippen molar-refractivity contribution in [3.05, 3.63) is 41.8 Å². The van der Waals surface area contributed by atoms with E-state index in [0.29, 0.717) is 25.1 Å². The first-order chi connectivity index (χ1) is 10.7. The Morgan fingerprint density at radius 1 is 1.23 bits per heavy atom. The first kappa shape index (κ1) is 14.5. The molecule has 0 saturated carbocycles. The Bertz CT molecular complexity index is 623. The lowest BCUT2D eigenvalue weighted by Crippen LogP contribution is -2.36. The van der Waals surface area contributed by atoms with Crippen molar-refractivity contribution in [3.8, 4) is 0 Å². The molecule has 2 heterocycles. The van der Waals surface area contributed by atoms with E-state index in [9.17, 15) is 4.79 Å². The second-order valence-electron chi connectivity index (χ2n) is 5.07. The molecule has 1 saturated heterocycles. The summed E-state index contributed by atoms with van der Waals surface area (Å²) in [6.45, 7) is 4.20. The number of benzene rings is 1. The van der Waals surface area contributed by atoms with Crippen LogP contribution in [-0.4, -0.2) is 42.4 Å². The Balaban J connectivity index is 1.85. The van der Waals surface area contributed by atoms with Crippen LogP contribution in [0.3, 0.4) is 0 Å². The summed E-state index contributed by atoms with van der Waals surface area (Å²) in [6.07, 6.45) is 0. The number of carbonyl (C=O) groups excluding carboxylic acids is 1. The van der Waals surface area contributed by atoms with Crippen molar-refractivity contribution in [2.45, 2.75) is 13.0 Å². The number of amides is 1. The topological polar surface area (TPSA) is 80.5 Å². The van der Waals surface area contributed by atoms with Gasteiger partial charge in [0.25, 0.3) is 0 Å². The Kier molecular flexibility index (Phi) is 4.34. The smallest absolute Gasteiger partial charge is 0.318 e. The van der Waals surface area contributed by atoms with Crippen LogP contribution < -0.4 is 10.2 Å². The van der Waals surface area contributed by atoms with Crippen molar-refractivity contribution < 1.29 is 13.9 Å². The molecule has 1 fully saturated rings. The van der Waals surface area contributed by atoms with E-state index in [1.165, 1.54) is 6.92 Å². The molecule has 1 atom stereocenters. The molecule has 22 heavy (non-hydrogen) atoms. The second kappa shape index (κ2) is 6.57. The zero-order chi connectivity index (χ0) is 15.4. The fraction of sp³-hybridized carbons (Fsp3) is 0.400. The van der Waals surface area contributed by atoms with Gasteiger partial charge in [0.1, 0.15) is 6.04 Å². The van der Waals surface area contributed by atoms with Crippen LogP contribution in [0.2, 0.25) is 0 Å². The van der Waals surface area contributed by atoms with Crippen LogP contribution in [0.4, 0.5) is 6.01 Å². The first-order valence-electron chi connectivity index (χ1n) is 7.22. The molecule has 7 nitrogen and oxygen atoms in total. The van der Waals surface area contributed by atoms with Gasteiger partial charge in [-0.2, -0.15) is 0 Å². The average Bonchev–Trinajstić information content (AvgIpc) is 3.04. The number of nitrogens with zero attached hydrogens (tertiary/aromatic N) is 3. The summed E-state index contributed by atoms with van der Waals surface area (Å²) in [4.78, 5) is 13.5. The number of ether oxygens (including phenoxy) is 1. The van der Waals surface area contributed by atoms with E-state index in [2.05, 4.69) is 15.5 Å². The molecule has 0 spiro atoms. The second-order valence-corrected chi connectivity index (χ2v) is 5.07. The van der Waals surface area contributed by atoms with E-state index in [1.807, 2.05) is 35.2 Å². The highest BCUT2D eigenvalue weighted by Crippen LogP contribution is 2.24. The van der Waals surface area contributed by atoms with Gasteiger partial charge in [0, 0.05) is 20.0 Å². The Hall–Kier alpha value is -2.41. The van der Waals surface area contributed by atoms with E-state index >= 15 is 0 Å². The van der Waals surface area contributed by atoms with Crippen LogP contribution >= 0.6 is 0 Å². The predicted molar refractivity (Wildman–Crippen MR) is 79.4 cm³/mol. The fourth-order valence-electron chi connectivity index (χ4n) is 2.36. The van der Waals surface area contributed by atoms with Gasteiger partial charge in [-0.15, -0.1) is 5.10 Å². The zero-order valence-corrected chi connectivity index (χ0v) is 12.4. The molecule has 1 aliphatic rings. The van der Waals surface area contributed by atoms with E-state index < -0.39 is 6.04 Å². The summed E-state index contributed by atoms with van der Waals surface area (Å²) in [7, 11) is 0. The number of morpholine rings is 1. The molecule has 3 rings (SSSR count). The van der Waals surface area contributed by atoms with Gasteiger partial charge in [0.15, 0.2) is 0 Å². The molecule has 1 aromatic heterocycles. The molecular formula is C15H18N4O3. The highest BCUT2D eigenvalue weighted by molar-refractivity contribution is 5.73. The van der Waals surface area contributed by atoms with E-state index in [4.69, 9.17) is 9.15 Å². The summed E-state index contributed by atoms with van der Waals surface area (Å²) >= 11 is 0. The maximum Gasteiger partial charge on any atom is 0.318 e. The van der Waals surface area contributed by atoms with Crippen molar-refractivity contribution in [3.63, 3.8) is 0 Å². The Morgan fingerprint density at radius 3 is 2.64 bits per heavy atom. The van der Waals surface area contributed by atoms with Gasteiger partial charge in [-0.25, -0.2) is 0 Å². The monoisotopic (exact) mass is 302 g/mol. The summed E-state index contributed by atoms with van der Waals surface area (Å²) in [5.41, 5.74) is 0.898. The van der Waals surface area contributed by atoms with Gasteiger partial charge in [0.2, 0.25) is 11.8 Å². The average molecular weight is 302 g/mol. The van der Waals surface area contributed by atoms with Crippen LogP contribution in [0.5, 0.6) is 0 Å². The summed E-state index contributed by atoms with van der Waals surface area (Å²) < 4.78 is 11.1. The van der Waals surface area contributed by atoms with E-state index in [1.54, 1.807) is 0 Å². The molecule has 1 N–H and O–H groups in total. The van der Waals surface area contributed by atoms with Crippen LogP contribution in [0, 0.1) is 0 Å². The molecule has 0 aliphatic carbocycles. The highest BCUT2D eigenvalue weighted by Gasteiger charge is 2.24. The number of hydrogen-bond donors (Lipinski definition) is 1. The van der Waals surface area contributed by atoms with Crippen molar-refractivity contribution in [2.24, 2.45) is 0 Å². The number of nitrogens with one attached hydrogen (secondary N) is 1. The van der Waals surface area contributed by atoms with Gasteiger partial charge >= 0.3 is 6.01 Å². The molecule has 116 valence electrons. The number of aromatic nitrogens is 2. The van der Waals surface area contributed by atoms with Gasteiger partial charge in [-0.3, -0.25) is 4.79 Å². The molecular weight excluding hydrogens is 284 g/mol. The third-order valence-corrected chi connectivity index (χ3v) is 3.44. The van der Waals surface area contributed by atoms with Crippen LogP contribution in [0.25, 0.3) is 0 Å². The lowest BCUT2D eigenvalue weighted by atomic mass is 10.1.